The molecule has 4 N–H and O–H groups in total. The SMILES string of the molecule is C#C.CC(C)(O)c1ccc(-c2ccc(-c3c(F)cc4[nH]c(=O)[nH]c4c3F)cc2)cc1.OC[C@@H]1CCCCO1. The Bertz CT molecular complexity index is 1410. The molecule has 0 radical (unpaired) electrons. The zero-order valence-electron chi connectivity index (χ0n) is 21.4. The topological polar surface area (TPSA) is 98.3 Å². The molecule has 4 aromatic rings. The van der Waals surface area contributed by atoms with Crippen LogP contribution in [-0.2, 0) is 10.3 Å². The van der Waals surface area contributed by atoms with E-state index in [0.717, 1.165) is 42.2 Å². The van der Waals surface area contributed by atoms with Crippen molar-refractivity contribution in [2.75, 3.05) is 13.2 Å². The molecule has 1 aromatic heterocycles. The lowest BCUT2D eigenvalue weighted by molar-refractivity contribution is -0.0172. The number of nitrogens with one attached hydrogen (secondary N) is 2. The van der Waals surface area contributed by atoms with Crippen molar-refractivity contribution in [3.05, 3.63) is 82.3 Å². The number of hydrogen-bond acceptors (Lipinski definition) is 4. The van der Waals surface area contributed by atoms with Gasteiger partial charge in [-0.3, -0.25) is 0 Å². The number of imidazole rings is 1. The molecule has 0 saturated carbocycles. The largest absolute Gasteiger partial charge is 0.394 e. The third kappa shape index (κ3) is 6.75. The van der Waals surface area contributed by atoms with E-state index in [1.165, 1.54) is 6.42 Å². The fourth-order valence-corrected chi connectivity index (χ4v) is 4.22. The molecular weight excluding hydrogens is 490 g/mol. The predicted molar refractivity (Wildman–Crippen MR) is 146 cm³/mol. The van der Waals surface area contributed by atoms with Gasteiger partial charge in [-0.05, 0) is 55.4 Å². The lowest BCUT2D eigenvalue weighted by atomic mass is 9.94. The van der Waals surface area contributed by atoms with Gasteiger partial charge in [-0.25, -0.2) is 13.6 Å². The quantitative estimate of drug-likeness (QED) is 0.266. The molecule has 5 rings (SSSR count). The Morgan fingerprint density at radius 3 is 2.05 bits per heavy atom. The molecule has 1 fully saturated rings. The van der Waals surface area contributed by atoms with Crippen LogP contribution in [0.2, 0.25) is 0 Å². The van der Waals surface area contributed by atoms with Gasteiger partial charge in [0.15, 0.2) is 5.82 Å². The number of halogens is 2. The number of fused-ring (bicyclic) bond motifs is 1. The van der Waals surface area contributed by atoms with E-state index in [4.69, 9.17) is 9.84 Å². The minimum atomic E-state index is -0.921. The Hall–Kier alpha value is -3.77. The van der Waals surface area contributed by atoms with E-state index in [9.17, 15) is 18.7 Å². The van der Waals surface area contributed by atoms with Crippen molar-refractivity contribution in [2.24, 2.45) is 0 Å². The molecule has 6 nitrogen and oxygen atoms in total. The number of aromatic amines is 2. The average molecular weight is 523 g/mol. The Balaban J connectivity index is 0.000000339. The standard InChI is InChI=1S/C22H18F2N2O2.C6H12O2.C2H2/c1-22(2,28)15-9-7-13(8-10-15)12-3-5-14(6-4-12)18-16(23)11-17-20(19(18)24)26-21(27)25-17;7-5-6-3-1-2-4-8-6;1-2/h3-11,28H,1-2H3,(H2,25,26,27);6-7H,1-5H2;1-2H/t;6-;/m.0./s1. The molecule has 200 valence electrons. The average Bonchev–Trinajstić information content (AvgIpc) is 3.31. The van der Waals surface area contributed by atoms with Crippen LogP contribution in [0.1, 0.15) is 38.7 Å². The van der Waals surface area contributed by atoms with Crippen LogP contribution < -0.4 is 5.69 Å². The highest BCUT2D eigenvalue weighted by Crippen LogP contribution is 2.32. The second-order valence-electron chi connectivity index (χ2n) is 9.43. The third-order valence-corrected chi connectivity index (χ3v) is 6.28. The minimum Gasteiger partial charge on any atom is -0.394 e. The molecule has 1 aliphatic rings. The summed E-state index contributed by atoms with van der Waals surface area (Å²) in [7, 11) is 0. The molecule has 1 saturated heterocycles. The van der Waals surface area contributed by atoms with Gasteiger partial charge in [-0.15, -0.1) is 12.8 Å². The summed E-state index contributed by atoms with van der Waals surface area (Å²) in [4.78, 5) is 16.1. The number of aromatic nitrogens is 2. The van der Waals surface area contributed by atoms with Crippen molar-refractivity contribution in [3.63, 3.8) is 0 Å². The van der Waals surface area contributed by atoms with Crippen LogP contribution in [0.15, 0.2) is 59.4 Å². The molecule has 0 bridgehead atoms. The monoisotopic (exact) mass is 522 g/mol. The summed E-state index contributed by atoms with van der Waals surface area (Å²) in [6.07, 6.45) is 11.6. The molecule has 0 spiro atoms. The summed E-state index contributed by atoms with van der Waals surface area (Å²) in [5.74, 6) is -1.56. The van der Waals surface area contributed by atoms with Crippen LogP contribution in [-0.4, -0.2) is 39.5 Å². The molecule has 8 heteroatoms. The van der Waals surface area contributed by atoms with Gasteiger partial charge in [0.05, 0.1) is 29.4 Å². The number of ether oxygens (including phenoxy) is 1. The van der Waals surface area contributed by atoms with Crippen molar-refractivity contribution in [1.29, 1.82) is 0 Å². The summed E-state index contributed by atoms with van der Waals surface area (Å²) >= 11 is 0. The van der Waals surface area contributed by atoms with Gasteiger partial charge >= 0.3 is 5.69 Å². The van der Waals surface area contributed by atoms with Crippen molar-refractivity contribution < 1.29 is 23.7 Å². The van der Waals surface area contributed by atoms with Crippen LogP contribution in [0, 0.1) is 24.5 Å². The molecule has 0 aliphatic carbocycles. The third-order valence-electron chi connectivity index (χ3n) is 6.28. The maximum atomic E-state index is 14.8. The summed E-state index contributed by atoms with van der Waals surface area (Å²) in [6, 6.07) is 15.4. The first kappa shape index (κ1) is 28.8. The number of aliphatic hydroxyl groups is 2. The molecular formula is C30H32F2N2O4. The van der Waals surface area contributed by atoms with E-state index in [1.54, 1.807) is 38.1 Å². The fraction of sp³-hybridized carbons (Fsp3) is 0.300. The second kappa shape index (κ2) is 12.7. The smallest absolute Gasteiger partial charge is 0.323 e. The first-order valence-corrected chi connectivity index (χ1v) is 12.3. The number of hydrogen-bond donors (Lipinski definition) is 4. The van der Waals surface area contributed by atoms with E-state index < -0.39 is 22.9 Å². The molecule has 0 unspecified atom stereocenters. The lowest BCUT2D eigenvalue weighted by Gasteiger charge is -2.19. The summed E-state index contributed by atoms with van der Waals surface area (Å²) in [5, 5.41) is 18.6. The van der Waals surface area contributed by atoms with Crippen LogP contribution in [0.4, 0.5) is 8.78 Å². The molecule has 1 aliphatic heterocycles. The molecule has 2 heterocycles. The van der Waals surface area contributed by atoms with E-state index in [1.807, 2.05) is 24.3 Å². The number of terminal acetylenes is 1. The van der Waals surface area contributed by atoms with Gasteiger partial charge in [-0.1, -0.05) is 48.5 Å². The fourth-order valence-electron chi connectivity index (χ4n) is 4.22. The highest BCUT2D eigenvalue weighted by molar-refractivity contribution is 5.83. The van der Waals surface area contributed by atoms with Crippen LogP contribution in [0.25, 0.3) is 33.3 Å². The van der Waals surface area contributed by atoms with Crippen molar-refractivity contribution in [2.45, 2.75) is 44.8 Å². The normalized spacial score (nSPS) is 15.2. The van der Waals surface area contributed by atoms with Gasteiger partial charge in [0.25, 0.3) is 0 Å². The van der Waals surface area contributed by atoms with E-state index in [0.29, 0.717) is 5.56 Å². The Labute approximate surface area is 220 Å². The maximum absolute atomic E-state index is 14.8. The zero-order valence-corrected chi connectivity index (χ0v) is 21.4. The first-order chi connectivity index (χ1) is 18.2. The molecule has 1 atom stereocenters. The molecule has 0 amide bonds. The van der Waals surface area contributed by atoms with Gasteiger partial charge in [-0.2, -0.15) is 0 Å². The Morgan fingerprint density at radius 1 is 0.974 bits per heavy atom. The highest BCUT2D eigenvalue weighted by Gasteiger charge is 2.18. The van der Waals surface area contributed by atoms with Gasteiger partial charge in [0.1, 0.15) is 11.3 Å². The van der Waals surface area contributed by atoms with Crippen molar-refractivity contribution >= 4 is 11.0 Å². The van der Waals surface area contributed by atoms with Crippen LogP contribution in [0.5, 0.6) is 0 Å². The summed E-state index contributed by atoms with van der Waals surface area (Å²) < 4.78 is 34.4. The maximum Gasteiger partial charge on any atom is 0.323 e. The molecule has 38 heavy (non-hydrogen) atoms. The van der Waals surface area contributed by atoms with Gasteiger partial charge in [0.2, 0.25) is 0 Å². The minimum absolute atomic E-state index is 0.0484. The van der Waals surface area contributed by atoms with Crippen molar-refractivity contribution in [1.82, 2.24) is 9.97 Å². The zero-order chi connectivity index (χ0) is 27.9. The summed E-state index contributed by atoms with van der Waals surface area (Å²) in [5.41, 5.74) is 1.31. The Kier molecular flexibility index (Phi) is 9.59. The Morgan fingerprint density at radius 2 is 1.55 bits per heavy atom. The lowest BCUT2D eigenvalue weighted by Crippen LogP contribution is -2.22. The predicted octanol–water partition coefficient (Wildman–Crippen LogP) is 5.49. The van der Waals surface area contributed by atoms with E-state index in [-0.39, 0.29) is 29.3 Å². The first-order valence-electron chi connectivity index (χ1n) is 12.3. The highest BCUT2D eigenvalue weighted by atomic mass is 19.1. The number of aliphatic hydroxyl groups excluding tert-OH is 1. The number of H-pyrrole nitrogens is 2. The molecule has 3 aromatic carbocycles. The van der Waals surface area contributed by atoms with Crippen LogP contribution >= 0.6 is 0 Å². The van der Waals surface area contributed by atoms with Crippen molar-refractivity contribution in [3.8, 4) is 35.1 Å². The second-order valence-corrected chi connectivity index (χ2v) is 9.43. The van der Waals surface area contributed by atoms with Crippen LogP contribution in [0.3, 0.4) is 0 Å². The van der Waals surface area contributed by atoms with E-state index in [2.05, 4.69) is 22.8 Å². The number of rotatable bonds is 4. The summed E-state index contributed by atoms with van der Waals surface area (Å²) in [6.45, 7) is 4.47. The van der Waals surface area contributed by atoms with E-state index >= 15 is 0 Å². The van der Waals surface area contributed by atoms with Gasteiger partial charge in [0, 0.05) is 12.7 Å². The van der Waals surface area contributed by atoms with Gasteiger partial charge < -0.3 is 24.9 Å². The number of benzene rings is 3.